The minimum atomic E-state index is -0.593. The highest BCUT2D eigenvalue weighted by molar-refractivity contribution is 7.07. The average Bonchev–Trinajstić information content (AvgIpc) is 3.49. The van der Waals surface area contributed by atoms with Gasteiger partial charge in [-0.25, -0.2) is 14.2 Å². The van der Waals surface area contributed by atoms with Crippen molar-refractivity contribution in [2.45, 2.75) is 25.4 Å². The van der Waals surface area contributed by atoms with Crippen LogP contribution in [0.2, 0.25) is 0 Å². The van der Waals surface area contributed by atoms with Crippen molar-refractivity contribution in [3.05, 3.63) is 90.7 Å². The largest absolute Gasteiger partial charge is 0.330 e. The Morgan fingerprint density at radius 1 is 1.29 bits per heavy atom. The topological polar surface area (TPSA) is 102 Å². The van der Waals surface area contributed by atoms with Crippen molar-refractivity contribution in [1.29, 1.82) is 0 Å². The summed E-state index contributed by atoms with van der Waals surface area (Å²) in [6, 6.07) is 7.83. The molecule has 1 N–H and O–H groups in total. The highest BCUT2D eigenvalue weighted by Crippen LogP contribution is 2.34. The van der Waals surface area contributed by atoms with E-state index in [2.05, 4.69) is 15.0 Å². The Morgan fingerprint density at radius 2 is 2.10 bits per heavy atom. The van der Waals surface area contributed by atoms with Crippen molar-refractivity contribution in [3.8, 4) is 0 Å². The fourth-order valence-corrected chi connectivity index (χ4v) is 4.12. The lowest BCUT2D eigenvalue weighted by Crippen LogP contribution is -2.30. The highest BCUT2D eigenvalue weighted by Gasteiger charge is 2.27. The van der Waals surface area contributed by atoms with Gasteiger partial charge in [0.05, 0.1) is 17.5 Å². The van der Waals surface area contributed by atoms with Gasteiger partial charge >= 0.3 is 5.69 Å². The third-order valence-electron chi connectivity index (χ3n) is 5.09. The Hall–Kier alpha value is -3.66. The summed E-state index contributed by atoms with van der Waals surface area (Å²) in [5.41, 5.74) is -0.219. The Balaban J connectivity index is 1.52. The van der Waals surface area contributed by atoms with Gasteiger partial charge in [0.15, 0.2) is 4.80 Å². The van der Waals surface area contributed by atoms with Crippen molar-refractivity contribution >= 4 is 28.3 Å². The second-order valence-electron chi connectivity index (χ2n) is 7.28. The minimum Gasteiger partial charge on any atom is -0.319 e. The van der Waals surface area contributed by atoms with Gasteiger partial charge < -0.3 is 4.57 Å². The summed E-state index contributed by atoms with van der Waals surface area (Å²) in [7, 11) is 0. The van der Waals surface area contributed by atoms with Crippen LogP contribution in [0.25, 0.3) is 11.0 Å². The molecule has 10 heteroatoms. The first-order chi connectivity index (χ1) is 15.0. The number of amides is 1. The number of hydrogen-bond acceptors (Lipinski definition) is 5. The third-order valence-corrected chi connectivity index (χ3v) is 5.89. The molecule has 4 aromatic rings. The van der Waals surface area contributed by atoms with Crippen molar-refractivity contribution in [2.24, 2.45) is 4.99 Å². The van der Waals surface area contributed by atoms with E-state index >= 15 is 0 Å². The number of fused-ring (bicyclic) bond motifs is 1. The van der Waals surface area contributed by atoms with Gasteiger partial charge in [-0.1, -0.05) is 18.2 Å². The van der Waals surface area contributed by atoms with Crippen LogP contribution in [0.15, 0.2) is 62.7 Å². The molecule has 3 heterocycles. The van der Waals surface area contributed by atoms with Crippen LogP contribution >= 0.6 is 11.3 Å². The fourth-order valence-electron chi connectivity index (χ4n) is 3.39. The van der Waals surface area contributed by atoms with E-state index in [9.17, 15) is 18.8 Å². The maximum Gasteiger partial charge on any atom is 0.330 e. The zero-order chi connectivity index (χ0) is 21.5. The van der Waals surface area contributed by atoms with Crippen LogP contribution in [0.5, 0.6) is 0 Å². The van der Waals surface area contributed by atoms with Crippen molar-refractivity contribution < 1.29 is 9.18 Å². The summed E-state index contributed by atoms with van der Waals surface area (Å²) in [5.74, 6) is -0.916. The van der Waals surface area contributed by atoms with E-state index in [1.165, 1.54) is 34.2 Å². The molecule has 0 radical (unpaired) electrons. The Labute approximate surface area is 178 Å². The van der Waals surface area contributed by atoms with Gasteiger partial charge in [-0.2, -0.15) is 4.99 Å². The van der Waals surface area contributed by atoms with Gasteiger partial charge in [-0.15, -0.1) is 11.3 Å². The molecule has 0 unspecified atom stereocenters. The van der Waals surface area contributed by atoms with E-state index in [-0.39, 0.29) is 35.0 Å². The average molecular weight is 437 g/mol. The number of pyridine rings is 1. The Morgan fingerprint density at radius 3 is 2.87 bits per heavy atom. The van der Waals surface area contributed by atoms with Crippen LogP contribution in [-0.2, 0) is 6.54 Å². The summed E-state index contributed by atoms with van der Waals surface area (Å²) in [5, 5.41) is 1.92. The number of hydrogen-bond donors (Lipinski definition) is 1. The van der Waals surface area contributed by atoms with Crippen LogP contribution < -0.4 is 16.1 Å². The molecule has 1 saturated carbocycles. The molecular formula is C21H16FN5O3S. The van der Waals surface area contributed by atoms with Gasteiger partial charge in [-0.3, -0.25) is 19.1 Å². The predicted octanol–water partition coefficient (Wildman–Crippen LogP) is 2.21. The number of nitrogens with one attached hydrogen (secondary N) is 1. The molecule has 0 bridgehead atoms. The normalized spacial score (nSPS) is 14.3. The van der Waals surface area contributed by atoms with E-state index in [1.54, 1.807) is 34.3 Å². The second kappa shape index (κ2) is 7.55. The Kier molecular flexibility index (Phi) is 4.70. The predicted molar refractivity (Wildman–Crippen MR) is 113 cm³/mol. The quantitative estimate of drug-likeness (QED) is 0.529. The lowest BCUT2D eigenvalue weighted by Gasteiger charge is -2.07. The molecule has 0 atom stereocenters. The smallest absolute Gasteiger partial charge is 0.319 e. The number of rotatable bonds is 4. The first-order valence-electron chi connectivity index (χ1n) is 9.62. The molecule has 8 nitrogen and oxygen atoms in total. The molecule has 1 aliphatic rings. The van der Waals surface area contributed by atoms with E-state index in [4.69, 9.17) is 0 Å². The van der Waals surface area contributed by atoms with E-state index < -0.39 is 17.2 Å². The number of thiazole rings is 1. The van der Waals surface area contributed by atoms with Gasteiger partial charge in [0, 0.05) is 29.4 Å². The summed E-state index contributed by atoms with van der Waals surface area (Å²) < 4.78 is 17.1. The molecule has 3 aromatic heterocycles. The van der Waals surface area contributed by atoms with Crippen LogP contribution in [-0.4, -0.2) is 25.0 Å². The monoisotopic (exact) mass is 437 g/mol. The van der Waals surface area contributed by atoms with Crippen LogP contribution in [0.3, 0.4) is 0 Å². The number of nitrogens with zero attached hydrogens (tertiary/aromatic N) is 4. The molecule has 31 heavy (non-hydrogen) atoms. The molecule has 0 saturated heterocycles. The number of aromatic amines is 1. The SMILES string of the molecule is O=C(N=c1sccn1Cc1ccccc1F)c1cnc2c(c1)c(=O)[nH]c(=O)n2C1CC1. The molecule has 0 aliphatic heterocycles. The number of benzene rings is 1. The molecule has 1 aliphatic carbocycles. The lowest BCUT2D eigenvalue weighted by atomic mass is 10.2. The summed E-state index contributed by atoms with van der Waals surface area (Å²) in [4.78, 5) is 48.2. The standard InChI is InChI=1S/C21H16FN5O3S/c22-16-4-2-1-3-12(16)11-26-7-8-31-21(26)25-18(28)13-9-15-17(23-10-13)27(14-5-6-14)20(30)24-19(15)29/h1-4,7-10,14H,5-6,11H2,(H,24,29,30). The van der Waals surface area contributed by atoms with Crippen LogP contribution in [0.1, 0.15) is 34.8 Å². The van der Waals surface area contributed by atoms with Gasteiger partial charge in [0.2, 0.25) is 0 Å². The van der Waals surface area contributed by atoms with Gasteiger partial charge in [0.1, 0.15) is 11.5 Å². The van der Waals surface area contributed by atoms with Gasteiger partial charge in [-0.05, 0) is 25.0 Å². The maximum atomic E-state index is 14.0. The molecule has 1 fully saturated rings. The highest BCUT2D eigenvalue weighted by atomic mass is 32.1. The minimum absolute atomic E-state index is 0.0223. The summed E-state index contributed by atoms with van der Waals surface area (Å²) in [6.07, 6.45) is 4.74. The number of carbonyl (C=O) groups excluding carboxylic acids is 1. The molecule has 5 rings (SSSR count). The van der Waals surface area contributed by atoms with Crippen LogP contribution in [0, 0.1) is 5.82 Å². The first kappa shape index (κ1) is 19.3. The van der Waals surface area contributed by atoms with Crippen LogP contribution in [0.4, 0.5) is 4.39 Å². The summed E-state index contributed by atoms with van der Waals surface area (Å²) in [6.45, 7) is 0.228. The number of H-pyrrole nitrogens is 1. The van der Waals surface area contributed by atoms with Crippen molar-refractivity contribution in [3.63, 3.8) is 0 Å². The van der Waals surface area contributed by atoms with Gasteiger partial charge in [0.25, 0.3) is 11.5 Å². The molecule has 1 aromatic carbocycles. The second-order valence-corrected chi connectivity index (χ2v) is 8.15. The Bertz CT molecular complexity index is 1510. The summed E-state index contributed by atoms with van der Waals surface area (Å²) >= 11 is 1.24. The lowest BCUT2D eigenvalue weighted by molar-refractivity contribution is 0.0997. The zero-order valence-electron chi connectivity index (χ0n) is 16.1. The van der Waals surface area contributed by atoms with Crippen molar-refractivity contribution in [2.75, 3.05) is 0 Å². The molecule has 0 spiro atoms. The van der Waals surface area contributed by atoms with Crippen molar-refractivity contribution in [1.82, 2.24) is 19.1 Å². The number of aromatic nitrogens is 4. The number of halogens is 1. The van der Waals surface area contributed by atoms with E-state index in [0.717, 1.165) is 12.8 Å². The fraction of sp³-hybridized carbons (Fsp3) is 0.190. The zero-order valence-corrected chi connectivity index (χ0v) is 16.9. The third kappa shape index (κ3) is 3.66. The number of carbonyl (C=O) groups is 1. The van der Waals surface area contributed by atoms with E-state index in [1.807, 2.05) is 0 Å². The molecule has 1 amide bonds. The first-order valence-corrected chi connectivity index (χ1v) is 10.5. The maximum absolute atomic E-state index is 14.0. The van der Waals surface area contributed by atoms with E-state index in [0.29, 0.717) is 10.4 Å². The molecular weight excluding hydrogens is 421 g/mol. The molecule has 156 valence electrons.